The van der Waals surface area contributed by atoms with E-state index in [2.05, 4.69) is 18.7 Å². The molecule has 0 aromatic rings. The van der Waals surface area contributed by atoms with Gasteiger partial charge in [-0.1, -0.05) is 39.5 Å². The van der Waals surface area contributed by atoms with Crippen molar-refractivity contribution in [1.29, 1.82) is 0 Å². The van der Waals surface area contributed by atoms with Crippen LogP contribution in [0.15, 0.2) is 0 Å². The SMILES string of the molecule is CC(C)C1CCCC(CN)(N2CCCC3CCCCC32)C1. The minimum atomic E-state index is 0.341. The summed E-state index contributed by atoms with van der Waals surface area (Å²) in [5.74, 6) is 2.70. The molecule has 2 aliphatic carbocycles. The monoisotopic (exact) mass is 292 g/mol. The molecule has 0 amide bonds. The highest BCUT2D eigenvalue weighted by Crippen LogP contribution is 2.45. The molecule has 3 fully saturated rings. The van der Waals surface area contributed by atoms with Gasteiger partial charge in [-0.15, -0.1) is 0 Å². The van der Waals surface area contributed by atoms with E-state index in [9.17, 15) is 0 Å². The molecule has 4 unspecified atom stereocenters. The summed E-state index contributed by atoms with van der Waals surface area (Å²) in [6, 6.07) is 0.863. The minimum Gasteiger partial charge on any atom is -0.329 e. The van der Waals surface area contributed by atoms with E-state index in [-0.39, 0.29) is 0 Å². The van der Waals surface area contributed by atoms with Crippen molar-refractivity contribution in [2.45, 2.75) is 89.6 Å². The largest absolute Gasteiger partial charge is 0.329 e. The van der Waals surface area contributed by atoms with Crippen LogP contribution in [0.1, 0.15) is 78.1 Å². The highest BCUT2D eigenvalue weighted by molar-refractivity contribution is 5.02. The van der Waals surface area contributed by atoms with Gasteiger partial charge in [-0.05, 0) is 62.8 Å². The lowest BCUT2D eigenvalue weighted by Gasteiger charge is -2.56. The van der Waals surface area contributed by atoms with E-state index in [0.29, 0.717) is 5.54 Å². The molecule has 2 saturated carbocycles. The predicted octanol–water partition coefficient (Wildman–Crippen LogP) is 4.18. The van der Waals surface area contributed by atoms with Crippen molar-refractivity contribution in [1.82, 2.24) is 4.90 Å². The van der Waals surface area contributed by atoms with E-state index in [1.807, 2.05) is 0 Å². The second kappa shape index (κ2) is 6.58. The van der Waals surface area contributed by atoms with E-state index < -0.39 is 0 Å². The van der Waals surface area contributed by atoms with Crippen LogP contribution in [0.2, 0.25) is 0 Å². The van der Waals surface area contributed by atoms with Crippen LogP contribution < -0.4 is 5.73 Å². The van der Waals surface area contributed by atoms with Crippen LogP contribution in [0.3, 0.4) is 0 Å². The predicted molar refractivity (Wildman–Crippen MR) is 90.3 cm³/mol. The molecule has 0 aromatic carbocycles. The standard InChI is InChI=1S/C19H36N2/c1-15(2)17-8-5-11-19(13-17,14-20)21-12-6-9-16-7-3-4-10-18(16)21/h15-18H,3-14,20H2,1-2H3. The number of nitrogens with zero attached hydrogens (tertiary/aromatic N) is 1. The van der Waals surface area contributed by atoms with Crippen molar-refractivity contribution in [3.63, 3.8) is 0 Å². The van der Waals surface area contributed by atoms with Gasteiger partial charge in [0.1, 0.15) is 0 Å². The second-order valence-corrected chi connectivity index (χ2v) is 8.48. The number of hydrogen-bond acceptors (Lipinski definition) is 2. The number of fused-ring (bicyclic) bond motifs is 1. The van der Waals surface area contributed by atoms with Gasteiger partial charge in [0.2, 0.25) is 0 Å². The Bertz CT molecular complexity index is 338. The molecule has 1 saturated heterocycles. The van der Waals surface area contributed by atoms with Gasteiger partial charge in [0, 0.05) is 18.1 Å². The number of piperidine rings is 1. The third-order valence-electron chi connectivity index (χ3n) is 7.03. The summed E-state index contributed by atoms with van der Waals surface area (Å²) in [5, 5.41) is 0. The molecule has 0 spiro atoms. The lowest BCUT2D eigenvalue weighted by Crippen LogP contribution is -2.63. The van der Waals surface area contributed by atoms with Crippen molar-refractivity contribution in [2.24, 2.45) is 23.5 Å². The van der Waals surface area contributed by atoms with Crippen LogP contribution in [-0.2, 0) is 0 Å². The summed E-state index contributed by atoms with van der Waals surface area (Å²) in [5.41, 5.74) is 6.75. The van der Waals surface area contributed by atoms with Crippen molar-refractivity contribution in [3.05, 3.63) is 0 Å². The molecule has 0 radical (unpaired) electrons. The van der Waals surface area contributed by atoms with Crippen molar-refractivity contribution in [3.8, 4) is 0 Å². The number of likely N-dealkylation sites (tertiary alicyclic amines) is 1. The molecule has 1 heterocycles. The van der Waals surface area contributed by atoms with Gasteiger partial charge < -0.3 is 5.73 Å². The van der Waals surface area contributed by atoms with Crippen LogP contribution >= 0.6 is 0 Å². The molecule has 2 N–H and O–H groups in total. The molecule has 0 bridgehead atoms. The van der Waals surface area contributed by atoms with E-state index in [0.717, 1.165) is 30.3 Å². The molecule has 2 nitrogen and oxygen atoms in total. The summed E-state index contributed by atoms with van der Waals surface area (Å²) in [6.07, 6.45) is 14.3. The Hall–Kier alpha value is -0.0800. The number of rotatable bonds is 3. The third kappa shape index (κ3) is 3.03. The van der Waals surface area contributed by atoms with Crippen LogP contribution in [0.5, 0.6) is 0 Å². The highest BCUT2D eigenvalue weighted by Gasteiger charge is 2.46. The van der Waals surface area contributed by atoms with Gasteiger partial charge in [0.15, 0.2) is 0 Å². The first-order valence-corrected chi connectivity index (χ1v) is 9.63. The minimum absolute atomic E-state index is 0.341. The molecular formula is C19H36N2. The second-order valence-electron chi connectivity index (χ2n) is 8.48. The molecule has 3 aliphatic rings. The first-order chi connectivity index (χ1) is 10.2. The van der Waals surface area contributed by atoms with E-state index in [1.165, 1.54) is 70.8 Å². The quantitative estimate of drug-likeness (QED) is 0.845. The summed E-state index contributed by atoms with van der Waals surface area (Å²) < 4.78 is 0. The summed E-state index contributed by atoms with van der Waals surface area (Å²) >= 11 is 0. The fourth-order valence-corrected chi connectivity index (χ4v) is 5.73. The lowest BCUT2D eigenvalue weighted by molar-refractivity contribution is -0.0567. The van der Waals surface area contributed by atoms with Gasteiger partial charge in [0.25, 0.3) is 0 Å². The van der Waals surface area contributed by atoms with Gasteiger partial charge in [-0.2, -0.15) is 0 Å². The molecule has 4 atom stereocenters. The van der Waals surface area contributed by atoms with Crippen LogP contribution in [0, 0.1) is 17.8 Å². The van der Waals surface area contributed by atoms with Crippen LogP contribution in [-0.4, -0.2) is 29.6 Å². The maximum absolute atomic E-state index is 6.41. The van der Waals surface area contributed by atoms with Gasteiger partial charge >= 0.3 is 0 Å². The average Bonchev–Trinajstić information content (AvgIpc) is 2.54. The average molecular weight is 293 g/mol. The van der Waals surface area contributed by atoms with Crippen molar-refractivity contribution >= 4 is 0 Å². The Morgan fingerprint density at radius 1 is 1.05 bits per heavy atom. The Balaban J connectivity index is 1.80. The normalized spacial score (nSPS) is 42.0. The van der Waals surface area contributed by atoms with E-state index in [4.69, 9.17) is 5.73 Å². The number of nitrogens with two attached hydrogens (primary N) is 1. The molecule has 2 heteroatoms. The first-order valence-electron chi connectivity index (χ1n) is 9.63. The van der Waals surface area contributed by atoms with Crippen LogP contribution in [0.4, 0.5) is 0 Å². The Morgan fingerprint density at radius 2 is 1.81 bits per heavy atom. The van der Waals surface area contributed by atoms with Crippen LogP contribution in [0.25, 0.3) is 0 Å². The lowest BCUT2D eigenvalue weighted by atomic mass is 9.68. The zero-order valence-corrected chi connectivity index (χ0v) is 14.3. The number of hydrogen-bond donors (Lipinski definition) is 1. The molecule has 3 rings (SSSR count). The van der Waals surface area contributed by atoms with E-state index in [1.54, 1.807) is 0 Å². The summed E-state index contributed by atoms with van der Waals surface area (Å²) in [6.45, 7) is 7.04. The molecule has 21 heavy (non-hydrogen) atoms. The van der Waals surface area contributed by atoms with Gasteiger partial charge in [-0.25, -0.2) is 0 Å². The van der Waals surface area contributed by atoms with Gasteiger partial charge in [-0.3, -0.25) is 4.90 Å². The Labute approximate surface area is 131 Å². The maximum atomic E-state index is 6.41. The summed E-state index contributed by atoms with van der Waals surface area (Å²) in [7, 11) is 0. The molecule has 122 valence electrons. The first kappa shape index (κ1) is 15.8. The molecular weight excluding hydrogens is 256 g/mol. The van der Waals surface area contributed by atoms with Gasteiger partial charge in [0.05, 0.1) is 0 Å². The highest BCUT2D eigenvalue weighted by atomic mass is 15.2. The van der Waals surface area contributed by atoms with Crippen molar-refractivity contribution in [2.75, 3.05) is 13.1 Å². The zero-order valence-electron chi connectivity index (χ0n) is 14.3. The smallest absolute Gasteiger partial charge is 0.0337 e. The van der Waals surface area contributed by atoms with E-state index >= 15 is 0 Å². The van der Waals surface area contributed by atoms with Crippen molar-refractivity contribution < 1.29 is 0 Å². The Morgan fingerprint density at radius 3 is 2.57 bits per heavy atom. The molecule has 1 aliphatic heterocycles. The fraction of sp³-hybridized carbons (Fsp3) is 1.00. The topological polar surface area (TPSA) is 29.3 Å². The maximum Gasteiger partial charge on any atom is 0.0337 e. The summed E-state index contributed by atoms with van der Waals surface area (Å²) in [4.78, 5) is 2.94. The third-order valence-corrected chi connectivity index (χ3v) is 7.03. The molecule has 0 aromatic heterocycles. The zero-order chi connectivity index (χ0) is 14.9. The fourth-order valence-electron chi connectivity index (χ4n) is 5.73. The Kier molecular flexibility index (Phi) is 4.95.